The number of ether oxygens (including phenoxy) is 3. The van der Waals surface area contributed by atoms with E-state index in [1.165, 1.54) is 24.5 Å². The van der Waals surface area contributed by atoms with Gasteiger partial charge in [0, 0.05) is 11.6 Å². The molecule has 0 saturated heterocycles. The quantitative estimate of drug-likeness (QED) is 0.763. The van der Waals surface area contributed by atoms with Crippen molar-refractivity contribution in [1.82, 2.24) is 9.97 Å². The van der Waals surface area contributed by atoms with Gasteiger partial charge in [0.2, 0.25) is 5.88 Å². The van der Waals surface area contributed by atoms with Crippen LogP contribution >= 0.6 is 0 Å². The topological polar surface area (TPSA) is 79.5 Å². The van der Waals surface area contributed by atoms with Gasteiger partial charge in [0.25, 0.3) is 0 Å². The largest absolute Gasteiger partial charge is 0.493 e. The smallest absolute Gasteiger partial charge is 0.246 e. The van der Waals surface area contributed by atoms with Gasteiger partial charge in [-0.2, -0.15) is 4.98 Å². The van der Waals surface area contributed by atoms with Gasteiger partial charge in [-0.3, -0.25) is 0 Å². The molecule has 6 nitrogen and oxygen atoms in total. The number of benzene rings is 2. The van der Waals surface area contributed by atoms with Crippen LogP contribution in [0.4, 0.5) is 10.1 Å². The summed E-state index contributed by atoms with van der Waals surface area (Å²) < 4.78 is 29.4. The van der Waals surface area contributed by atoms with Gasteiger partial charge >= 0.3 is 0 Å². The number of anilines is 1. The summed E-state index contributed by atoms with van der Waals surface area (Å²) >= 11 is 0. The van der Waals surface area contributed by atoms with Gasteiger partial charge in [-0.05, 0) is 30.3 Å². The zero-order chi connectivity index (χ0) is 17.8. The maximum atomic E-state index is 13.3. The second-order valence-corrected chi connectivity index (χ2v) is 5.07. The average molecular weight is 341 g/mol. The normalized spacial score (nSPS) is 10.4. The van der Waals surface area contributed by atoms with Crippen LogP contribution in [0.3, 0.4) is 0 Å². The van der Waals surface area contributed by atoms with Crippen LogP contribution in [-0.4, -0.2) is 24.2 Å². The van der Waals surface area contributed by atoms with E-state index >= 15 is 0 Å². The van der Waals surface area contributed by atoms with Crippen molar-refractivity contribution in [1.29, 1.82) is 0 Å². The third-order valence-electron chi connectivity index (χ3n) is 3.51. The highest BCUT2D eigenvalue weighted by molar-refractivity contribution is 5.77. The van der Waals surface area contributed by atoms with Gasteiger partial charge in [-0.15, -0.1) is 0 Å². The van der Waals surface area contributed by atoms with Gasteiger partial charge in [0.1, 0.15) is 29.3 Å². The predicted molar refractivity (Wildman–Crippen MR) is 91.5 cm³/mol. The number of nitrogen functional groups attached to an aromatic ring is 1. The lowest BCUT2D eigenvalue weighted by Crippen LogP contribution is -2.00. The molecule has 2 aromatic carbocycles. The highest BCUT2D eigenvalue weighted by Gasteiger charge is 2.14. The first-order valence-corrected chi connectivity index (χ1v) is 7.38. The summed E-state index contributed by atoms with van der Waals surface area (Å²) in [5, 5.41) is 0. The Kier molecular flexibility index (Phi) is 4.65. The molecule has 7 heteroatoms. The lowest BCUT2D eigenvalue weighted by atomic mass is 10.1. The Labute approximate surface area is 144 Å². The Morgan fingerprint density at radius 1 is 0.960 bits per heavy atom. The number of nitrogens with two attached hydrogens (primary N) is 1. The summed E-state index contributed by atoms with van der Waals surface area (Å²) in [4.78, 5) is 8.24. The number of rotatable bonds is 5. The molecule has 0 fully saturated rings. The summed E-state index contributed by atoms with van der Waals surface area (Å²) in [5.74, 6) is 1.17. The third-order valence-corrected chi connectivity index (χ3v) is 3.51. The molecular formula is C18H16FN3O3. The molecule has 2 N–H and O–H groups in total. The first-order valence-electron chi connectivity index (χ1n) is 7.38. The maximum Gasteiger partial charge on any atom is 0.246 e. The number of hydrogen-bond acceptors (Lipinski definition) is 6. The number of halogens is 1. The minimum atomic E-state index is -0.412. The Hall–Kier alpha value is -3.35. The summed E-state index contributed by atoms with van der Waals surface area (Å²) in [6.45, 7) is 0. The van der Waals surface area contributed by atoms with Crippen molar-refractivity contribution in [2.45, 2.75) is 0 Å². The lowest BCUT2D eigenvalue weighted by Gasteiger charge is -2.12. The molecule has 0 radical (unpaired) electrons. The highest BCUT2D eigenvalue weighted by atomic mass is 19.1. The van der Waals surface area contributed by atoms with Crippen molar-refractivity contribution < 1.29 is 18.6 Å². The molecule has 3 aromatic rings. The number of aromatic nitrogens is 2. The second kappa shape index (κ2) is 7.04. The molecule has 0 aliphatic heterocycles. The van der Waals surface area contributed by atoms with Gasteiger partial charge in [0.05, 0.1) is 14.2 Å². The molecule has 0 bridgehead atoms. The summed E-state index contributed by atoms with van der Waals surface area (Å²) in [6.07, 6.45) is 1.33. The van der Waals surface area contributed by atoms with Crippen LogP contribution in [0.1, 0.15) is 0 Å². The van der Waals surface area contributed by atoms with Gasteiger partial charge in [-0.1, -0.05) is 6.07 Å². The first kappa shape index (κ1) is 16.5. The van der Waals surface area contributed by atoms with E-state index in [0.717, 1.165) is 0 Å². The fourth-order valence-corrected chi connectivity index (χ4v) is 2.32. The number of hydrogen-bond donors (Lipinski definition) is 1. The third kappa shape index (κ3) is 3.45. The van der Waals surface area contributed by atoms with Crippen molar-refractivity contribution in [2.24, 2.45) is 0 Å². The van der Waals surface area contributed by atoms with Crippen LogP contribution in [0.15, 0.2) is 48.8 Å². The first-order chi connectivity index (χ1) is 12.1. The van der Waals surface area contributed by atoms with E-state index in [1.807, 2.05) is 0 Å². The van der Waals surface area contributed by atoms with Crippen LogP contribution in [0.25, 0.3) is 11.3 Å². The van der Waals surface area contributed by atoms with Gasteiger partial charge in [-0.25, -0.2) is 9.37 Å². The Morgan fingerprint density at radius 2 is 1.76 bits per heavy atom. The van der Waals surface area contributed by atoms with Crippen LogP contribution in [0.2, 0.25) is 0 Å². The molecule has 0 spiro atoms. The SMILES string of the molecule is COc1ccc(-c2ncnc(Oc3cccc(F)c3)c2N)cc1OC. The van der Waals surface area contributed by atoms with Crippen LogP contribution in [-0.2, 0) is 0 Å². The Morgan fingerprint density at radius 3 is 2.48 bits per heavy atom. The van der Waals surface area contributed by atoms with Crippen molar-refractivity contribution in [2.75, 3.05) is 20.0 Å². The zero-order valence-electron chi connectivity index (χ0n) is 13.7. The monoisotopic (exact) mass is 341 g/mol. The van der Waals surface area contributed by atoms with E-state index in [9.17, 15) is 4.39 Å². The Balaban J connectivity index is 1.99. The van der Waals surface area contributed by atoms with E-state index in [0.29, 0.717) is 28.5 Å². The molecule has 128 valence electrons. The lowest BCUT2D eigenvalue weighted by molar-refractivity contribution is 0.355. The fourth-order valence-electron chi connectivity index (χ4n) is 2.32. The number of nitrogens with zero attached hydrogens (tertiary/aromatic N) is 2. The summed E-state index contributed by atoms with van der Waals surface area (Å²) in [6, 6.07) is 11.0. The van der Waals surface area contributed by atoms with E-state index in [-0.39, 0.29) is 11.6 Å². The predicted octanol–water partition coefficient (Wildman–Crippen LogP) is 3.67. The van der Waals surface area contributed by atoms with E-state index in [4.69, 9.17) is 19.9 Å². The van der Waals surface area contributed by atoms with Gasteiger partial charge in [0.15, 0.2) is 11.5 Å². The molecule has 0 unspecified atom stereocenters. The van der Waals surface area contributed by atoms with Crippen molar-refractivity contribution in [3.63, 3.8) is 0 Å². The molecule has 3 rings (SSSR count). The second-order valence-electron chi connectivity index (χ2n) is 5.07. The standard InChI is InChI=1S/C18H16FN3O3/c1-23-14-7-6-11(8-15(14)24-2)17-16(20)18(22-10-21-17)25-13-5-3-4-12(19)9-13/h3-10H,20H2,1-2H3. The van der Waals surface area contributed by atoms with E-state index in [2.05, 4.69) is 9.97 Å². The van der Waals surface area contributed by atoms with Crippen LogP contribution in [0.5, 0.6) is 23.1 Å². The Bertz CT molecular complexity index is 902. The molecule has 0 aliphatic carbocycles. The minimum absolute atomic E-state index is 0.144. The zero-order valence-corrected chi connectivity index (χ0v) is 13.7. The van der Waals surface area contributed by atoms with Crippen molar-refractivity contribution in [3.05, 3.63) is 54.6 Å². The van der Waals surface area contributed by atoms with E-state index in [1.54, 1.807) is 38.5 Å². The molecule has 0 atom stereocenters. The highest BCUT2D eigenvalue weighted by Crippen LogP contribution is 2.36. The van der Waals surface area contributed by atoms with Crippen molar-refractivity contribution in [3.8, 4) is 34.4 Å². The van der Waals surface area contributed by atoms with Crippen molar-refractivity contribution >= 4 is 5.69 Å². The van der Waals surface area contributed by atoms with Crippen LogP contribution in [0, 0.1) is 5.82 Å². The van der Waals surface area contributed by atoms with Gasteiger partial charge < -0.3 is 19.9 Å². The molecule has 1 aromatic heterocycles. The molecule has 0 aliphatic rings. The van der Waals surface area contributed by atoms with E-state index < -0.39 is 5.82 Å². The molecule has 1 heterocycles. The van der Waals surface area contributed by atoms with Crippen LogP contribution < -0.4 is 19.9 Å². The molecule has 0 saturated carbocycles. The minimum Gasteiger partial charge on any atom is -0.493 e. The fraction of sp³-hybridized carbons (Fsp3) is 0.111. The molecule has 0 amide bonds. The molecular weight excluding hydrogens is 325 g/mol. The number of methoxy groups -OCH3 is 2. The molecule has 25 heavy (non-hydrogen) atoms. The average Bonchev–Trinajstić information content (AvgIpc) is 2.63. The maximum absolute atomic E-state index is 13.3. The summed E-state index contributed by atoms with van der Waals surface area (Å²) in [5.41, 5.74) is 7.57. The summed E-state index contributed by atoms with van der Waals surface area (Å²) in [7, 11) is 3.10.